The molecule has 0 saturated carbocycles. The van der Waals surface area contributed by atoms with Crippen molar-refractivity contribution in [3.05, 3.63) is 36.5 Å². The molecule has 0 aliphatic carbocycles. The van der Waals surface area contributed by atoms with E-state index in [2.05, 4.69) is 28.1 Å². The summed E-state index contributed by atoms with van der Waals surface area (Å²) in [7, 11) is 0. The highest BCUT2D eigenvalue weighted by Gasteiger charge is 2.22. The van der Waals surface area contributed by atoms with Gasteiger partial charge in [0.15, 0.2) is 0 Å². The predicted molar refractivity (Wildman–Crippen MR) is 78.9 cm³/mol. The van der Waals surface area contributed by atoms with Gasteiger partial charge in [-0.2, -0.15) is 0 Å². The van der Waals surface area contributed by atoms with Crippen molar-refractivity contribution in [2.75, 3.05) is 18.0 Å². The van der Waals surface area contributed by atoms with E-state index in [0.29, 0.717) is 6.42 Å². The van der Waals surface area contributed by atoms with Crippen LogP contribution in [-0.2, 0) is 4.79 Å². The largest absolute Gasteiger partial charge is 0.481 e. The van der Waals surface area contributed by atoms with E-state index < -0.39 is 5.97 Å². The Labute approximate surface area is 118 Å². The minimum Gasteiger partial charge on any atom is -0.481 e. The highest BCUT2D eigenvalue weighted by molar-refractivity contribution is 5.83. The van der Waals surface area contributed by atoms with Crippen molar-refractivity contribution >= 4 is 22.6 Å². The number of carboxylic acid groups (broad SMARTS) is 1. The van der Waals surface area contributed by atoms with Crippen LogP contribution in [0.1, 0.15) is 19.3 Å². The van der Waals surface area contributed by atoms with Crippen LogP contribution in [0.15, 0.2) is 36.5 Å². The maximum Gasteiger partial charge on any atom is 0.306 e. The highest BCUT2D eigenvalue weighted by Crippen LogP contribution is 2.24. The van der Waals surface area contributed by atoms with Crippen molar-refractivity contribution < 1.29 is 9.90 Å². The molecule has 1 aliphatic rings. The Morgan fingerprint density at radius 1 is 1.20 bits per heavy atom. The Hall–Kier alpha value is -2.10. The molecule has 20 heavy (non-hydrogen) atoms. The third-order valence-electron chi connectivity index (χ3n) is 4.02. The molecule has 1 unspecified atom stereocenters. The lowest BCUT2D eigenvalue weighted by atomic mass is 10.0. The summed E-state index contributed by atoms with van der Waals surface area (Å²) in [6.07, 6.45) is 4.26. The second-order valence-electron chi connectivity index (χ2n) is 5.34. The smallest absolute Gasteiger partial charge is 0.306 e. The lowest BCUT2D eigenvalue weighted by Gasteiger charge is -2.21. The number of hydrogen-bond acceptors (Lipinski definition) is 3. The molecule has 1 N–H and O–H groups in total. The van der Waals surface area contributed by atoms with Gasteiger partial charge in [0, 0.05) is 24.7 Å². The van der Waals surface area contributed by atoms with Gasteiger partial charge >= 0.3 is 5.97 Å². The molecule has 0 bridgehead atoms. The molecule has 2 heterocycles. The van der Waals surface area contributed by atoms with Crippen LogP contribution in [0.2, 0.25) is 0 Å². The van der Waals surface area contributed by atoms with Gasteiger partial charge in [-0.25, -0.2) is 4.98 Å². The summed E-state index contributed by atoms with van der Waals surface area (Å²) in [5.41, 5.74) is 0. The molecule has 1 aromatic carbocycles. The Balaban J connectivity index is 1.82. The van der Waals surface area contributed by atoms with Gasteiger partial charge in [-0.3, -0.25) is 4.79 Å². The molecule has 104 valence electrons. The van der Waals surface area contributed by atoms with Crippen molar-refractivity contribution in [1.82, 2.24) is 4.98 Å². The number of carbonyl (C=O) groups is 1. The first-order chi connectivity index (χ1) is 9.74. The molecule has 2 aromatic rings. The second-order valence-corrected chi connectivity index (χ2v) is 5.34. The molecule has 3 rings (SSSR count). The number of benzene rings is 1. The van der Waals surface area contributed by atoms with Crippen molar-refractivity contribution in [2.45, 2.75) is 19.3 Å². The third kappa shape index (κ3) is 2.59. The van der Waals surface area contributed by atoms with Crippen LogP contribution in [-0.4, -0.2) is 29.1 Å². The van der Waals surface area contributed by atoms with Crippen LogP contribution in [0.4, 0.5) is 5.82 Å². The first-order valence-electron chi connectivity index (χ1n) is 7.06. The standard InChI is InChI=1S/C16H18N2O2/c19-16(20)12-6-3-8-18(9-7-12)15-10-13-4-1-2-5-14(13)11-17-15/h1-2,4-5,10-12H,3,6-9H2,(H,19,20). The summed E-state index contributed by atoms with van der Waals surface area (Å²) in [5, 5.41) is 11.4. The minimum absolute atomic E-state index is 0.208. The first-order valence-corrected chi connectivity index (χ1v) is 7.06. The maximum atomic E-state index is 11.1. The average molecular weight is 270 g/mol. The van der Waals surface area contributed by atoms with Gasteiger partial charge in [0.25, 0.3) is 0 Å². The molecule has 1 aliphatic heterocycles. The summed E-state index contributed by atoms with van der Waals surface area (Å²) in [6, 6.07) is 10.3. The fraction of sp³-hybridized carbons (Fsp3) is 0.375. The summed E-state index contributed by atoms with van der Waals surface area (Å²) in [6.45, 7) is 1.65. The number of fused-ring (bicyclic) bond motifs is 1. The van der Waals surface area contributed by atoms with E-state index in [1.165, 1.54) is 5.39 Å². The topological polar surface area (TPSA) is 53.4 Å². The molecule has 1 saturated heterocycles. The van der Waals surface area contributed by atoms with Gasteiger partial charge in [-0.05, 0) is 30.7 Å². The Kier molecular flexibility index (Phi) is 3.54. The van der Waals surface area contributed by atoms with E-state index >= 15 is 0 Å². The molecular weight excluding hydrogens is 252 g/mol. The van der Waals surface area contributed by atoms with E-state index in [-0.39, 0.29) is 5.92 Å². The fourth-order valence-corrected chi connectivity index (χ4v) is 2.82. The lowest BCUT2D eigenvalue weighted by Crippen LogP contribution is -2.25. The summed E-state index contributed by atoms with van der Waals surface area (Å²) in [4.78, 5) is 17.8. The van der Waals surface area contributed by atoms with Crippen LogP contribution in [0.5, 0.6) is 0 Å². The molecule has 4 nitrogen and oxygen atoms in total. The van der Waals surface area contributed by atoms with Crippen molar-refractivity contribution in [2.24, 2.45) is 5.92 Å². The normalized spacial score (nSPS) is 19.8. The molecule has 4 heteroatoms. The highest BCUT2D eigenvalue weighted by atomic mass is 16.4. The van der Waals surface area contributed by atoms with Crippen LogP contribution in [0.25, 0.3) is 10.8 Å². The van der Waals surface area contributed by atoms with E-state index in [9.17, 15) is 4.79 Å². The molecule has 0 radical (unpaired) electrons. The van der Waals surface area contributed by atoms with E-state index in [0.717, 1.165) is 37.1 Å². The van der Waals surface area contributed by atoms with Gasteiger partial charge in [-0.15, -0.1) is 0 Å². The monoisotopic (exact) mass is 270 g/mol. The Bertz CT molecular complexity index is 627. The fourth-order valence-electron chi connectivity index (χ4n) is 2.82. The number of pyridine rings is 1. The maximum absolute atomic E-state index is 11.1. The van der Waals surface area contributed by atoms with E-state index in [1.54, 1.807) is 0 Å². The number of anilines is 1. The van der Waals surface area contributed by atoms with Crippen molar-refractivity contribution in [3.8, 4) is 0 Å². The zero-order valence-electron chi connectivity index (χ0n) is 11.3. The van der Waals surface area contributed by atoms with E-state index in [4.69, 9.17) is 5.11 Å². The lowest BCUT2D eigenvalue weighted by molar-refractivity contribution is -0.142. The van der Waals surface area contributed by atoms with Crippen LogP contribution in [0.3, 0.4) is 0 Å². The number of rotatable bonds is 2. The first kappa shape index (κ1) is 12.9. The number of aliphatic carboxylic acids is 1. The zero-order chi connectivity index (χ0) is 13.9. The molecule has 1 aromatic heterocycles. The summed E-state index contributed by atoms with van der Waals surface area (Å²) >= 11 is 0. The summed E-state index contributed by atoms with van der Waals surface area (Å²) in [5.74, 6) is 0.0773. The number of aromatic nitrogens is 1. The zero-order valence-corrected chi connectivity index (χ0v) is 11.3. The van der Waals surface area contributed by atoms with Crippen molar-refractivity contribution in [3.63, 3.8) is 0 Å². The van der Waals surface area contributed by atoms with E-state index in [1.807, 2.05) is 18.3 Å². The number of nitrogens with zero attached hydrogens (tertiary/aromatic N) is 2. The minimum atomic E-state index is -0.668. The number of carboxylic acids is 1. The molecular formula is C16H18N2O2. The van der Waals surface area contributed by atoms with Crippen LogP contribution in [0, 0.1) is 5.92 Å². The van der Waals surface area contributed by atoms with Gasteiger partial charge in [-0.1, -0.05) is 24.3 Å². The van der Waals surface area contributed by atoms with Crippen LogP contribution < -0.4 is 4.90 Å². The Morgan fingerprint density at radius 3 is 2.80 bits per heavy atom. The molecule has 1 fully saturated rings. The van der Waals surface area contributed by atoms with Gasteiger partial charge in [0.1, 0.15) is 5.82 Å². The van der Waals surface area contributed by atoms with Gasteiger partial charge < -0.3 is 10.0 Å². The second kappa shape index (κ2) is 5.49. The van der Waals surface area contributed by atoms with Gasteiger partial charge in [0.2, 0.25) is 0 Å². The summed E-state index contributed by atoms with van der Waals surface area (Å²) < 4.78 is 0. The van der Waals surface area contributed by atoms with Gasteiger partial charge in [0.05, 0.1) is 5.92 Å². The predicted octanol–water partition coefficient (Wildman–Crippen LogP) is 2.93. The van der Waals surface area contributed by atoms with Crippen molar-refractivity contribution in [1.29, 1.82) is 0 Å². The van der Waals surface area contributed by atoms with Crippen LogP contribution >= 0.6 is 0 Å². The number of hydrogen-bond donors (Lipinski definition) is 1. The molecule has 1 atom stereocenters. The third-order valence-corrected chi connectivity index (χ3v) is 4.02. The average Bonchev–Trinajstić information content (AvgIpc) is 2.73. The quantitative estimate of drug-likeness (QED) is 0.911. The Morgan fingerprint density at radius 2 is 2.00 bits per heavy atom. The molecule has 0 spiro atoms. The molecule has 0 amide bonds. The SMILES string of the molecule is O=C(O)C1CCCN(c2cc3ccccc3cn2)CC1.